The molecular formula is C112H85Br2ClN12O13. The minimum Gasteiger partial charge on any atom is -0.392 e. The van der Waals surface area contributed by atoms with Gasteiger partial charge in [-0.1, -0.05) is 235 Å². The van der Waals surface area contributed by atoms with Gasteiger partial charge in [-0.15, -0.1) is 0 Å². The molecule has 0 saturated heterocycles. The Bertz CT molecular complexity index is 8470. The summed E-state index contributed by atoms with van der Waals surface area (Å²) >= 11 is 13.1. The van der Waals surface area contributed by atoms with E-state index in [1.807, 2.05) is 61.5 Å². The number of non-ortho nitro benzene ring substituents is 3. The van der Waals surface area contributed by atoms with E-state index >= 15 is 0 Å². The van der Waals surface area contributed by atoms with Gasteiger partial charge in [-0.05, 0) is 174 Å². The van der Waals surface area contributed by atoms with E-state index in [0.717, 1.165) is 183 Å². The molecule has 0 spiro atoms. The SMILES string of the molecule is C.Cc1c(CC(=O)NCCCCCCCc2ccc3c4c(cccc24)-c2nc4ccc([N+](=O)[O-])cc4nc2-3)c2cc(CO)ccc2n1C(=O)c1ccc(Cl)cc1.NCCCCCCCc1ccc2c3c(cccc13)-c1nc3ccc([N+](=O)[O-])cc3nc1-2.O=C1C(=O)c2ccc(Br)c3cccc1c23.O=C1C(=O)c2cccc3cccc1c23.O=[N+]([O-])c1ccc2nc3c(nc2c1)-c1ccc(Br)c2cccc-3c12. The summed E-state index contributed by atoms with van der Waals surface area (Å²) in [7, 11) is 0. The molecule has 4 heterocycles. The average molecular weight is 2000 g/mol. The van der Waals surface area contributed by atoms with E-state index in [1.54, 1.807) is 102 Å². The van der Waals surface area contributed by atoms with E-state index < -0.39 is 26.3 Å². The van der Waals surface area contributed by atoms with Crippen molar-refractivity contribution in [1.82, 2.24) is 39.8 Å². The number of nitrogens with two attached hydrogens (primary N) is 1. The molecule has 19 aromatic rings. The number of ketones is 4. The fraction of sp³-hybridized carbons (Fsp3) is 0.161. The van der Waals surface area contributed by atoms with Crippen molar-refractivity contribution in [3.05, 3.63) is 355 Å². The second kappa shape index (κ2) is 39.1. The molecule has 15 aromatic carbocycles. The standard InChI is InChI=1S/C44H38ClN5O5.C25H24N4O2.C18H8BrN3O2.C12H5BrO2.C12H6O2.CH4/c1-26-35(36-22-27(25-51)11-20-39(36)49(26)44(53)29-12-15-30(45)16-13-29)24-40(52)46-21-6-4-2-3-5-8-28-14-18-34-41-32(28)9-7-10-33(41)42-43(34)48-38-23-31(50(54)55)17-19-37(38)47-42;26-14-5-3-1-2-4-7-16-10-12-20-23-18(16)8-6-9-19(23)24-25(20)28-22-15-17(29(30)31)11-13-21(22)27-24;19-13-6-5-12-16-10(13)2-1-3-11(16)17-18(12)21-15-8-9(22(23)24)4-7-14(15)20-17;13-9-5-4-8-10-6(9)2-1-3-7(10)11(14)12(8)15;13-11-8-5-1-3-7-4-2-6-9(10(7)8)12(11)14;/h7,9-20,22-23,51H,2-6,8,21,24-25H2,1H3,(H,46,52);6,8-13,15H,1-5,7,14,26H2;1-8H;1-5H;1-6H;1H4. The van der Waals surface area contributed by atoms with Crippen molar-refractivity contribution >= 4 is 193 Å². The number of nitrogens with one attached hydrogen (secondary N) is 1. The third kappa shape index (κ3) is 17.2. The number of unbranched alkanes of at least 4 members (excludes halogenated alkanes) is 8. The van der Waals surface area contributed by atoms with Gasteiger partial charge in [0.05, 0.1) is 101 Å². The predicted molar refractivity (Wildman–Crippen MR) is 555 cm³/mol. The number of aromatic nitrogens is 7. The molecule has 0 aliphatic heterocycles. The number of halogens is 3. The van der Waals surface area contributed by atoms with Crippen LogP contribution in [-0.4, -0.2) is 102 Å². The minimum absolute atomic E-state index is 0. The van der Waals surface area contributed by atoms with Crippen molar-refractivity contribution in [1.29, 1.82) is 0 Å². The van der Waals surface area contributed by atoms with Crippen molar-refractivity contribution < 1.29 is 48.6 Å². The van der Waals surface area contributed by atoms with Crippen molar-refractivity contribution in [2.45, 2.75) is 104 Å². The Hall–Kier alpha value is -15.7. The summed E-state index contributed by atoms with van der Waals surface area (Å²) in [5.74, 6) is -1.86. The first kappa shape index (κ1) is 93.4. The van der Waals surface area contributed by atoms with Crippen LogP contribution < -0.4 is 11.1 Å². The first-order chi connectivity index (χ1) is 67.5. The van der Waals surface area contributed by atoms with Crippen LogP contribution in [0.25, 0.3) is 165 Å². The van der Waals surface area contributed by atoms with Crippen molar-refractivity contribution in [3.63, 3.8) is 0 Å². The molecule has 0 atom stereocenters. The molecular weight excluding hydrogens is 1920 g/mol. The number of nitro groups is 3. The molecule has 28 heteroatoms. The molecule has 5 aliphatic rings. The van der Waals surface area contributed by atoms with Crippen molar-refractivity contribution in [3.8, 4) is 67.5 Å². The second-order valence-electron chi connectivity index (χ2n) is 34.8. The third-order valence-corrected chi connectivity index (χ3v) is 28.1. The first-order valence-corrected chi connectivity index (χ1v) is 47.6. The molecule has 0 saturated carbocycles. The molecule has 0 unspecified atom stereocenters. The molecule has 4 aromatic heterocycles. The van der Waals surface area contributed by atoms with Crippen LogP contribution in [0.3, 0.4) is 0 Å². The van der Waals surface area contributed by atoms with Crippen LogP contribution in [0.1, 0.15) is 151 Å². The molecule has 0 fully saturated rings. The zero-order valence-corrected chi connectivity index (χ0v) is 78.5. The largest absolute Gasteiger partial charge is 0.392 e. The summed E-state index contributed by atoms with van der Waals surface area (Å²) in [6, 6.07) is 77.2. The van der Waals surface area contributed by atoms with Crippen molar-refractivity contribution in [2.75, 3.05) is 13.1 Å². The number of nitro benzene ring substituents is 3. The van der Waals surface area contributed by atoms with Gasteiger partial charge < -0.3 is 16.2 Å². The normalized spacial score (nSPS) is 12.2. The molecule has 1 amide bonds. The van der Waals surface area contributed by atoms with Gasteiger partial charge >= 0.3 is 0 Å². The minimum atomic E-state index is -0.416. The maximum atomic E-state index is 13.6. The molecule has 0 radical (unpaired) electrons. The zero-order chi connectivity index (χ0) is 96.3. The van der Waals surface area contributed by atoms with Gasteiger partial charge in [-0.2, -0.15) is 0 Å². The van der Waals surface area contributed by atoms with Crippen LogP contribution in [0.2, 0.25) is 5.02 Å². The highest BCUT2D eigenvalue weighted by Gasteiger charge is 2.35. The predicted octanol–water partition coefficient (Wildman–Crippen LogP) is 26.0. The number of aryl methyl sites for hydroxylation is 2. The number of aliphatic hydroxyl groups excluding tert-OH is 1. The summed E-state index contributed by atoms with van der Waals surface area (Å²) < 4.78 is 3.57. The van der Waals surface area contributed by atoms with Gasteiger partial charge in [-0.3, -0.25) is 63.7 Å². The second-order valence-corrected chi connectivity index (χ2v) is 36.9. The molecule has 4 N–H and O–H groups in total. The number of carbonyl (C=O) groups is 6. The lowest BCUT2D eigenvalue weighted by atomic mass is 9.95. The number of fused-ring (bicyclic) bond motifs is 13. The lowest BCUT2D eigenvalue weighted by Gasteiger charge is -2.09. The lowest BCUT2D eigenvalue weighted by Crippen LogP contribution is -2.26. The van der Waals surface area contributed by atoms with Gasteiger partial charge in [0.15, 0.2) is 0 Å². The highest BCUT2D eigenvalue weighted by molar-refractivity contribution is 9.11. The van der Waals surface area contributed by atoms with Crippen LogP contribution in [0.15, 0.2) is 264 Å². The summed E-state index contributed by atoms with van der Waals surface area (Å²) in [5.41, 5.74) is 28.4. The maximum absolute atomic E-state index is 13.6. The summed E-state index contributed by atoms with van der Waals surface area (Å²) in [6.07, 6.45) is 13.1. The van der Waals surface area contributed by atoms with Crippen LogP contribution in [0.4, 0.5) is 17.1 Å². The van der Waals surface area contributed by atoms with Crippen LogP contribution in [0.5, 0.6) is 0 Å². The third-order valence-electron chi connectivity index (χ3n) is 26.4. The van der Waals surface area contributed by atoms with Gasteiger partial charge in [0.2, 0.25) is 29.0 Å². The van der Waals surface area contributed by atoms with E-state index in [4.69, 9.17) is 42.3 Å². The number of hydrogen-bond acceptors (Lipinski definition) is 20. The summed E-state index contributed by atoms with van der Waals surface area (Å²) in [5, 5.41) is 58.2. The molecule has 140 heavy (non-hydrogen) atoms. The monoisotopic (exact) mass is 2000 g/mol. The number of aliphatic hydroxyl groups is 1. The number of benzene rings is 15. The molecule has 0 bridgehead atoms. The Morgan fingerprint density at radius 3 is 1.21 bits per heavy atom. The topological polar surface area (TPSA) is 372 Å². The molecule has 692 valence electrons. The maximum Gasteiger partial charge on any atom is 0.271 e. The smallest absolute Gasteiger partial charge is 0.271 e. The van der Waals surface area contributed by atoms with E-state index in [1.165, 1.54) is 89.4 Å². The average Bonchev–Trinajstić information content (AvgIpc) is 1.56. The molecule has 5 aliphatic carbocycles. The van der Waals surface area contributed by atoms with E-state index in [0.29, 0.717) is 89.3 Å². The highest BCUT2D eigenvalue weighted by atomic mass is 79.9. The fourth-order valence-electron chi connectivity index (χ4n) is 19.7. The van der Waals surface area contributed by atoms with Crippen LogP contribution in [-0.2, 0) is 30.7 Å². The van der Waals surface area contributed by atoms with Gasteiger partial charge in [0.1, 0.15) is 0 Å². The van der Waals surface area contributed by atoms with E-state index in [2.05, 4.69) is 109 Å². The van der Waals surface area contributed by atoms with Crippen LogP contribution in [0, 0.1) is 37.3 Å². The molecule has 25 nitrogen and oxygen atoms in total. The number of hydrogen-bond donors (Lipinski definition) is 3. The summed E-state index contributed by atoms with van der Waals surface area (Å²) in [6.45, 7) is 3.06. The Kier molecular flexibility index (Phi) is 26.1. The Morgan fingerprint density at radius 1 is 0.400 bits per heavy atom. The number of carbonyl (C=O) groups excluding carboxylic acids is 6. The highest BCUT2D eigenvalue weighted by Crippen LogP contribution is 2.51. The number of nitrogens with zero attached hydrogens (tertiary/aromatic N) is 10. The van der Waals surface area contributed by atoms with Crippen molar-refractivity contribution in [2.24, 2.45) is 5.73 Å². The zero-order valence-electron chi connectivity index (χ0n) is 74.6. The Balaban J connectivity index is 0.000000123. The van der Waals surface area contributed by atoms with Crippen LogP contribution >= 0.6 is 43.5 Å². The number of amides is 1. The Morgan fingerprint density at radius 2 is 0.764 bits per heavy atom. The van der Waals surface area contributed by atoms with E-state index in [-0.39, 0.29) is 60.9 Å². The van der Waals surface area contributed by atoms with Gasteiger partial charge in [-0.25, -0.2) is 29.9 Å². The number of Topliss-reactive ketones (excluding diaryl/α,β-unsaturated/α-hetero) is 4. The first-order valence-electron chi connectivity index (χ1n) is 45.6. The molecule has 24 rings (SSSR count). The quantitative estimate of drug-likeness (QED) is 0.0245. The fourth-order valence-corrected chi connectivity index (χ4v) is 20.8. The summed E-state index contributed by atoms with van der Waals surface area (Å²) in [4.78, 5) is 134. The van der Waals surface area contributed by atoms with Gasteiger partial charge in [0.25, 0.3) is 23.0 Å². The lowest BCUT2D eigenvalue weighted by molar-refractivity contribution is -0.384. The van der Waals surface area contributed by atoms with Gasteiger partial charge in [0, 0.05) is 156 Å². The number of rotatable bonds is 22. The Labute approximate surface area is 821 Å². The van der Waals surface area contributed by atoms with E-state index in [9.17, 15) is 64.2 Å².